The Morgan fingerprint density at radius 2 is 1.94 bits per heavy atom. The first kappa shape index (κ1) is 10.9. The lowest BCUT2D eigenvalue weighted by Gasteiger charge is -2.17. The summed E-state index contributed by atoms with van der Waals surface area (Å²) in [6.07, 6.45) is 2.57. The Morgan fingerprint density at radius 1 is 1.19 bits per heavy atom. The van der Waals surface area contributed by atoms with Crippen molar-refractivity contribution in [2.45, 2.75) is 32.8 Å². The first-order valence-electron chi connectivity index (χ1n) is 5.67. The maximum Gasteiger partial charge on any atom is 0.197 e. The molecule has 0 bridgehead atoms. The standard InChI is InChI=1S/C14H16O2/c1-11-6-5-9-13(15)14(11)16-10-12-7-3-2-4-8-12/h2-4,7-8H,5-6,9-10H2,1H3. The molecule has 1 aromatic carbocycles. The molecule has 0 saturated carbocycles. The van der Waals surface area contributed by atoms with Gasteiger partial charge in [-0.1, -0.05) is 30.3 Å². The molecular weight excluding hydrogens is 200 g/mol. The van der Waals surface area contributed by atoms with Crippen molar-refractivity contribution in [3.63, 3.8) is 0 Å². The molecule has 0 unspecified atom stereocenters. The molecule has 0 aromatic heterocycles. The molecule has 2 nitrogen and oxygen atoms in total. The van der Waals surface area contributed by atoms with Gasteiger partial charge in [0, 0.05) is 6.42 Å². The maximum atomic E-state index is 11.6. The van der Waals surface area contributed by atoms with Crippen LogP contribution in [0.2, 0.25) is 0 Å². The van der Waals surface area contributed by atoms with E-state index in [0.717, 1.165) is 24.0 Å². The lowest BCUT2D eigenvalue weighted by atomic mass is 9.98. The fraction of sp³-hybridized carbons (Fsp3) is 0.357. The Balaban J connectivity index is 2.02. The Morgan fingerprint density at radius 3 is 2.62 bits per heavy atom. The third kappa shape index (κ3) is 2.51. The number of hydrogen-bond donors (Lipinski definition) is 0. The number of carbonyl (C=O) groups is 1. The average molecular weight is 216 g/mol. The molecule has 16 heavy (non-hydrogen) atoms. The molecule has 2 rings (SSSR count). The van der Waals surface area contributed by atoms with E-state index in [4.69, 9.17) is 4.74 Å². The highest BCUT2D eigenvalue weighted by Gasteiger charge is 2.19. The summed E-state index contributed by atoms with van der Waals surface area (Å²) in [6, 6.07) is 9.93. The van der Waals surface area contributed by atoms with Gasteiger partial charge in [0.15, 0.2) is 11.5 Å². The molecule has 0 N–H and O–H groups in total. The monoisotopic (exact) mass is 216 g/mol. The van der Waals surface area contributed by atoms with Gasteiger partial charge < -0.3 is 4.74 Å². The van der Waals surface area contributed by atoms with Crippen molar-refractivity contribution in [2.24, 2.45) is 0 Å². The molecule has 2 heteroatoms. The lowest BCUT2D eigenvalue weighted by Crippen LogP contribution is -2.13. The van der Waals surface area contributed by atoms with Gasteiger partial charge in [0.2, 0.25) is 0 Å². The lowest BCUT2D eigenvalue weighted by molar-refractivity contribution is -0.119. The highest BCUT2D eigenvalue weighted by atomic mass is 16.5. The van der Waals surface area contributed by atoms with E-state index in [2.05, 4.69) is 0 Å². The van der Waals surface area contributed by atoms with E-state index in [9.17, 15) is 4.79 Å². The van der Waals surface area contributed by atoms with Gasteiger partial charge in [-0.15, -0.1) is 0 Å². The average Bonchev–Trinajstić information content (AvgIpc) is 2.30. The van der Waals surface area contributed by atoms with Crippen LogP contribution >= 0.6 is 0 Å². The van der Waals surface area contributed by atoms with Crippen LogP contribution in [0.3, 0.4) is 0 Å². The fourth-order valence-electron chi connectivity index (χ4n) is 1.91. The van der Waals surface area contributed by atoms with E-state index in [-0.39, 0.29) is 5.78 Å². The normalized spacial score (nSPS) is 16.4. The smallest absolute Gasteiger partial charge is 0.197 e. The maximum absolute atomic E-state index is 11.6. The van der Waals surface area contributed by atoms with E-state index in [1.807, 2.05) is 37.3 Å². The SMILES string of the molecule is CC1=C(OCc2ccccc2)C(=O)CCC1. The summed E-state index contributed by atoms with van der Waals surface area (Å²) < 4.78 is 5.62. The molecule has 0 amide bonds. The van der Waals surface area contributed by atoms with Gasteiger partial charge in [-0.2, -0.15) is 0 Å². The molecule has 0 aliphatic heterocycles. The molecule has 0 heterocycles. The molecule has 0 spiro atoms. The van der Waals surface area contributed by atoms with Crippen LogP contribution in [-0.4, -0.2) is 5.78 Å². The Hall–Kier alpha value is -1.57. The summed E-state index contributed by atoms with van der Waals surface area (Å²) in [7, 11) is 0. The van der Waals surface area contributed by atoms with Crippen molar-refractivity contribution in [1.82, 2.24) is 0 Å². The van der Waals surface area contributed by atoms with Crippen LogP contribution in [0.5, 0.6) is 0 Å². The minimum absolute atomic E-state index is 0.152. The van der Waals surface area contributed by atoms with Crippen molar-refractivity contribution in [3.05, 3.63) is 47.2 Å². The van der Waals surface area contributed by atoms with Crippen molar-refractivity contribution in [2.75, 3.05) is 0 Å². The summed E-state index contributed by atoms with van der Waals surface area (Å²) in [4.78, 5) is 11.6. The minimum Gasteiger partial charge on any atom is -0.485 e. The molecule has 0 atom stereocenters. The Labute approximate surface area is 95.9 Å². The summed E-state index contributed by atoms with van der Waals surface area (Å²) in [5.74, 6) is 0.745. The quantitative estimate of drug-likeness (QED) is 0.775. The van der Waals surface area contributed by atoms with Gasteiger partial charge in [-0.25, -0.2) is 0 Å². The predicted octanol–water partition coefficient (Wildman–Crippen LogP) is 3.23. The Kier molecular flexibility index (Phi) is 3.40. The molecule has 84 valence electrons. The minimum atomic E-state index is 0.152. The fourth-order valence-corrected chi connectivity index (χ4v) is 1.91. The topological polar surface area (TPSA) is 26.3 Å². The first-order valence-corrected chi connectivity index (χ1v) is 5.67. The van der Waals surface area contributed by atoms with Crippen LogP contribution in [0.15, 0.2) is 41.7 Å². The number of ether oxygens (including phenoxy) is 1. The number of allylic oxidation sites excluding steroid dienone is 2. The number of rotatable bonds is 3. The number of hydrogen-bond acceptors (Lipinski definition) is 2. The van der Waals surface area contributed by atoms with Gasteiger partial charge in [0.05, 0.1) is 0 Å². The van der Waals surface area contributed by atoms with Gasteiger partial charge in [0.25, 0.3) is 0 Å². The summed E-state index contributed by atoms with van der Waals surface area (Å²) in [5, 5.41) is 0. The highest BCUT2D eigenvalue weighted by Crippen LogP contribution is 2.23. The van der Waals surface area contributed by atoms with Gasteiger partial charge >= 0.3 is 0 Å². The number of Topliss-reactive ketones (excluding diaryl/α,β-unsaturated/α-hetero) is 1. The second-order valence-electron chi connectivity index (χ2n) is 4.16. The summed E-state index contributed by atoms with van der Waals surface area (Å²) in [6.45, 7) is 2.47. The Bertz CT molecular complexity index is 404. The largest absolute Gasteiger partial charge is 0.485 e. The predicted molar refractivity (Wildman–Crippen MR) is 62.8 cm³/mol. The van der Waals surface area contributed by atoms with Crippen molar-refractivity contribution in [1.29, 1.82) is 0 Å². The molecular formula is C14H16O2. The van der Waals surface area contributed by atoms with Gasteiger partial charge in [-0.3, -0.25) is 4.79 Å². The zero-order valence-electron chi connectivity index (χ0n) is 9.53. The summed E-state index contributed by atoms with van der Waals surface area (Å²) >= 11 is 0. The van der Waals surface area contributed by atoms with Crippen LogP contribution < -0.4 is 0 Å². The van der Waals surface area contributed by atoms with Gasteiger partial charge in [-0.05, 0) is 30.9 Å². The van der Waals surface area contributed by atoms with Crippen molar-refractivity contribution in [3.8, 4) is 0 Å². The van der Waals surface area contributed by atoms with Crippen LogP contribution in [0.4, 0.5) is 0 Å². The summed E-state index contributed by atoms with van der Waals surface area (Å²) in [5.41, 5.74) is 2.19. The second-order valence-corrected chi connectivity index (χ2v) is 4.16. The first-order chi connectivity index (χ1) is 7.77. The zero-order valence-corrected chi connectivity index (χ0v) is 9.53. The molecule has 1 aliphatic carbocycles. The van der Waals surface area contributed by atoms with Crippen LogP contribution in [0, 0.1) is 0 Å². The van der Waals surface area contributed by atoms with E-state index >= 15 is 0 Å². The van der Waals surface area contributed by atoms with Crippen LogP contribution in [-0.2, 0) is 16.1 Å². The molecule has 1 aliphatic rings. The van der Waals surface area contributed by atoms with E-state index in [1.165, 1.54) is 0 Å². The zero-order chi connectivity index (χ0) is 11.4. The third-order valence-corrected chi connectivity index (χ3v) is 2.82. The molecule has 1 aromatic rings. The van der Waals surface area contributed by atoms with E-state index in [1.54, 1.807) is 0 Å². The highest BCUT2D eigenvalue weighted by molar-refractivity contribution is 5.94. The van der Waals surface area contributed by atoms with Gasteiger partial charge in [0.1, 0.15) is 6.61 Å². The second kappa shape index (κ2) is 4.97. The number of ketones is 1. The molecule has 0 saturated heterocycles. The van der Waals surface area contributed by atoms with E-state index < -0.39 is 0 Å². The number of benzene rings is 1. The van der Waals surface area contributed by atoms with E-state index in [0.29, 0.717) is 18.8 Å². The van der Waals surface area contributed by atoms with Crippen molar-refractivity contribution >= 4 is 5.78 Å². The van der Waals surface area contributed by atoms with Crippen LogP contribution in [0.25, 0.3) is 0 Å². The van der Waals surface area contributed by atoms with Crippen LogP contribution in [0.1, 0.15) is 31.7 Å². The van der Waals surface area contributed by atoms with Crippen molar-refractivity contribution < 1.29 is 9.53 Å². The number of carbonyl (C=O) groups excluding carboxylic acids is 1. The molecule has 0 fully saturated rings. The molecule has 0 radical (unpaired) electrons. The third-order valence-electron chi connectivity index (χ3n) is 2.82.